The van der Waals surface area contributed by atoms with E-state index in [2.05, 4.69) is 10.2 Å². The Morgan fingerprint density at radius 1 is 1.17 bits per heavy atom. The normalized spacial score (nSPS) is 24.6. The third kappa shape index (κ3) is 2.60. The summed E-state index contributed by atoms with van der Waals surface area (Å²) < 4.78 is 0. The van der Waals surface area contributed by atoms with Gasteiger partial charge in [-0.1, -0.05) is 6.07 Å². The summed E-state index contributed by atoms with van der Waals surface area (Å²) in [4.78, 5) is 2.58. The summed E-state index contributed by atoms with van der Waals surface area (Å²) in [6.45, 7) is 3.11. The molecule has 4 heteroatoms. The summed E-state index contributed by atoms with van der Waals surface area (Å²) in [6.07, 6.45) is 3.96. The van der Waals surface area contributed by atoms with Crippen LogP contribution < -0.4 is 5.32 Å². The minimum Gasteiger partial charge on any atom is -0.504 e. The number of aromatic hydroxyl groups is 2. The highest BCUT2D eigenvalue weighted by Gasteiger charge is 2.33. The topological polar surface area (TPSA) is 55.7 Å². The fourth-order valence-corrected chi connectivity index (χ4v) is 2.67. The van der Waals surface area contributed by atoms with Crippen LogP contribution in [0.3, 0.4) is 0 Å². The van der Waals surface area contributed by atoms with Gasteiger partial charge in [0, 0.05) is 31.7 Å². The first kappa shape index (κ1) is 11.8. The summed E-state index contributed by atoms with van der Waals surface area (Å²) in [5.74, 6) is -0.0974. The van der Waals surface area contributed by atoms with Crippen molar-refractivity contribution < 1.29 is 10.2 Å². The van der Waals surface area contributed by atoms with E-state index in [1.807, 2.05) is 6.07 Å². The zero-order valence-corrected chi connectivity index (χ0v) is 10.5. The highest BCUT2D eigenvalue weighted by molar-refractivity contribution is 5.40. The highest BCUT2D eigenvalue weighted by atomic mass is 16.3. The van der Waals surface area contributed by atoms with E-state index in [1.165, 1.54) is 31.9 Å². The van der Waals surface area contributed by atoms with E-state index in [4.69, 9.17) is 0 Å². The van der Waals surface area contributed by atoms with Gasteiger partial charge in [0.1, 0.15) is 0 Å². The number of nitrogens with zero attached hydrogens (tertiary/aromatic N) is 1. The molecule has 0 spiro atoms. The number of phenolic OH excluding ortho intramolecular Hbond substituents is 2. The average molecular weight is 248 g/mol. The molecule has 1 aromatic carbocycles. The fourth-order valence-electron chi connectivity index (χ4n) is 2.67. The van der Waals surface area contributed by atoms with Crippen LogP contribution in [0.25, 0.3) is 0 Å². The van der Waals surface area contributed by atoms with Gasteiger partial charge >= 0.3 is 0 Å². The molecule has 3 rings (SSSR count). The van der Waals surface area contributed by atoms with E-state index in [-0.39, 0.29) is 11.5 Å². The molecule has 1 aliphatic heterocycles. The van der Waals surface area contributed by atoms with Crippen LogP contribution in [0.2, 0.25) is 0 Å². The van der Waals surface area contributed by atoms with Crippen LogP contribution in [-0.4, -0.2) is 40.3 Å². The van der Waals surface area contributed by atoms with Gasteiger partial charge in [0.25, 0.3) is 0 Å². The van der Waals surface area contributed by atoms with E-state index in [9.17, 15) is 10.2 Å². The molecule has 0 bridgehead atoms. The van der Waals surface area contributed by atoms with Crippen molar-refractivity contribution in [3.8, 4) is 11.5 Å². The van der Waals surface area contributed by atoms with Crippen molar-refractivity contribution in [1.82, 2.24) is 10.2 Å². The van der Waals surface area contributed by atoms with E-state index >= 15 is 0 Å². The predicted molar refractivity (Wildman–Crippen MR) is 69.6 cm³/mol. The Morgan fingerprint density at radius 3 is 2.72 bits per heavy atom. The van der Waals surface area contributed by atoms with E-state index in [0.717, 1.165) is 24.7 Å². The number of likely N-dealkylation sites (tertiary alicyclic amines) is 1. The van der Waals surface area contributed by atoms with E-state index < -0.39 is 0 Å². The molecule has 0 amide bonds. The molecule has 0 aromatic heterocycles. The molecular formula is C14H20N2O2. The first-order valence-electron chi connectivity index (χ1n) is 6.70. The number of benzene rings is 1. The van der Waals surface area contributed by atoms with Crippen LogP contribution in [-0.2, 0) is 6.54 Å². The van der Waals surface area contributed by atoms with Crippen molar-refractivity contribution in [2.75, 3.05) is 13.1 Å². The van der Waals surface area contributed by atoms with Gasteiger partial charge in [0.15, 0.2) is 11.5 Å². The van der Waals surface area contributed by atoms with Crippen molar-refractivity contribution >= 4 is 0 Å². The monoisotopic (exact) mass is 248 g/mol. The van der Waals surface area contributed by atoms with Crippen molar-refractivity contribution in [2.24, 2.45) is 0 Å². The molecule has 98 valence electrons. The lowest BCUT2D eigenvalue weighted by Gasteiger charge is -2.16. The summed E-state index contributed by atoms with van der Waals surface area (Å²) in [5, 5.41) is 22.2. The van der Waals surface area contributed by atoms with Crippen molar-refractivity contribution in [3.05, 3.63) is 23.8 Å². The number of nitrogens with one attached hydrogen (secondary N) is 1. The molecule has 0 radical (unpaired) electrons. The maximum atomic E-state index is 9.43. The molecule has 2 aliphatic rings. The van der Waals surface area contributed by atoms with Gasteiger partial charge in [-0.3, -0.25) is 4.90 Å². The zero-order valence-electron chi connectivity index (χ0n) is 10.5. The Bertz CT molecular complexity index is 432. The number of hydrogen-bond donors (Lipinski definition) is 3. The molecule has 1 atom stereocenters. The van der Waals surface area contributed by atoms with Crippen LogP contribution in [0.15, 0.2) is 18.2 Å². The second-order valence-corrected chi connectivity index (χ2v) is 5.42. The van der Waals surface area contributed by atoms with Gasteiger partial charge in [-0.15, -0.1) is 0 Å². The molecule has 1 unspecified atom stereocenters. The van der Waals surface area contributed by atoms with Crippen LogP contribution in [0.5, 0.6) is 11.5 Å². The average Bonchev–Trinajstić information content (AvgIpc) is 3.11. The maximum absolute atomic E-state index is 9.43. The summed E-state index contributed by atoms with van der Waals surface area (Å²) in [7, 11) is 0. The Morgan fingerprint density at radius 2 is 2.00 bits per heavy atom. The molecule has 4 nitrogen and oxygen atoms in total. The van der Waals surface area contributed by atoms with Crippen molar-refractivity contribution in [2.45, 2.75) is 37.9 Å². The van der Waals surface area contributed by atoms with Gasteiger partial charge < -0.3 is 15.5 Å². The quantitative estimate of drug-likeness (QED) is 0.705. The Kier molecular flexibility index (Phi) is 3.14. The SMILES string of the molecule is Oc1ccc(CNC2CCN(C3CC3)C2)cc1O. The maximum Gasteiger partial charge on any atom is 0.157 e. The smallest absolute Gasteiger partial charge is 0.157 e. The summed E-state index contributed by atoms with van der Waals surface area (Å²) >= 11 is 0. The minimum absolute atomic E-state index is 0.0414. The Hall–Kier alpha value is -1.26. The van der Waals surface area contributed by atoms with E-state index in [0.29, 0.717) is 6.04 Å². The Balaban J connectivity index is 1.50. The summed E-state index contributed by atoms with van der Waals surface area (Å²) in [6, 6.07) is 6.42. The first-order valence-corrected chi connectivity index (χ1v) is 6.70. The lowest BCUT2D eigenvalue weighted by atomic mass is 10.2. The van der Waals surface area contributed by atoms with Crippen LogP contribution in [0.1, 0.15) is 24.8 Å². The van der Waals surface area contributed by atoms with Gasteiger partial charge in [0.05, 0.1) is 0 Å². The summed E-state index contributed by atoms with van der Waals surface area (Å²) in [5.41, 5.74) is 1.01. The molecular weight excluding hydrogens is 228 g/mol. The second kappa shape index (κ2) is 4.78. The molecule has 3 N–H and O–H groups in total. The van der Waals surface area contributed by atoms with E-state index in [1.54, 1.807) is 6.07 Å². The molecule has 18 heavy (non-hydrogen) atoms. The van der Waals surface area contributed by atoms with Gasteiger partial charge in [-0.2, -0.15) is 0 Å². The number of rotatable bonds is 4. The predicted octanol–water partition coefficient (Wildman–Crippen LogP) is 1.42. The number of hydrogen-bond acceptors (Lipinski definition) is 4. The van der Waals surface area contributed by atoms with Crippen molar-refractivity contribution in [1.29, 1.82) is 0 Å². The van der Waals surface area contributed by atoms with Gasteiger partial charge in [-0.05, 0) is 37.0 Å². The fraction of sp³-hybridized carbons (Fsp3) is 0.571. The zero-order chi connectivity index (χ0) is 12.5. The van der Waals surface area contributed by atoms with Crippen LogP contribution in [0.4, 0.5) is 0 Å². The first-order chi connectivity index (χ1) is 8.72. The lowest BCUT2D eigenvalue weighted by molar-refractivity contribution is 0.317. The van der Waals surface area contributed by atoms with Crippen LogP contribution >= 0.6 is 0 Å². The molecule has 1 aliphatic carbocycles. The molecule has 1 aromatic rings. The second-order valence-electron chi connectivity index (χ2n) is 5.42. The minimum atomic E-state index is -0.0560. The van der Waals surface area contributed by atoms with Gasteiger partial charge in [0.2, 0.25) is 0 Å². The molecule has 2 fully saturated rings. The van der Waals surface area contributed by atoms with Gasteiger partial charge in [-0.25, -0.2) is 0 Å². The Labute approximate surface area is 107 Å². The molecule has 1 saturated heterocycles. The van der Waals surface area contributed by atoms with Crippen LogP contribution in [0, 0.1) is 0 Å². The number of phenols is 2. The third-order valence-corrected chi connectivity index (χ3v) is 3.92. The largest absolute Gasteiger partial charge is 0.504 e. The lowest BCUT2D eigenvalue weighted by Crippen LogP contribution is -2.32. The van der Waals surface area contributed by atoms with Crippen molar-refractivity contribution in [3.63, 3.8) is 0 Å². The standard InChI is InChI=1S/C14H20N2O2/c17-13-4-1-10(7-14(13)18)8-15-11-5-6-16(9-11)12-2-3-12/h1,4,7,11-12,15,17-18H,2-3,5-6,8-9H2. The molecule has 1 heterocycles. The highest BCUT2D eigenvalue weighted by Crippen LogP contribution is 2.30. The third-order valence-electron chi connectivity index (χ3n) is 3.92. The molecule has 1 saturated carbocycles.